The molecule has 1 fully saturated rings. The Balaban J connectivity index is 1.41. The third-order valence-electron chi connectivity index (χ3n) is 5.02. The van der Waals surface area contributed by atoms with Crippen molar-refractivity contribution in [3.05, 3.63) is 89.7 Å². The lowest BCUT2D eigenvalue weighted by Gasteiger charge is -2.15. The minimum Gasteiger partial charge on any atom is -0.366 e. The Labute approximate surface area is 192 Å². The van der Waals surface area contributed by atoms with Crippen molar-refractivity contribution in [2.75, 3.05) is 10.2 Å². The summed E-state index contributed by atoms with van der Waals surface area (Å²) in [5.74, 6) is -2.46. The standard InChI is InChI=1S/C24H18FN3O4S/c25-19-4-2-1-3-18(19)23(31)27-15-7-11-17(12-8-15)33-20-13-21(29)28(24(20)32)16-9-5-14(6-10-16)22(26)30/h1-12,20H,13H2,(H2,26,30)(H,27,31). The average molecular weight is 463 g/mol. The van der Waals surface area contributed by atoms with Gasteiger partial charge in [-0.25, -0.2) is 9.29 Å². The average Bonchev–Trinajstić information content (AvgIpc) is 3.08. The number of carbonyl (C=O) groups is 4. The highest BCUT2D eigenvalue weighted by Crippen LogP contribution is 2.34. The van der Waals surface area contributed by atoms with Crippen molar-refractivity contribution in [2.24, 2.45) is 5.73 Å². The number of halogens is 1. The number of imide groups is 1. The first-order valence-corrected chi connectivity index (χ1v) is 10.8. The van der Waals surface area contributed by atoms with E-state index in [2.05, 4.69) is 5.32 Å². The molecule has 166 valence electrons. The van der Waals surface area contributed by atoms with E-state index < -0.39 is 22.9 Å². The summed E-state index contributed by atoms with van der Waals surface area (Å²) in [6.45, 7) is 0. The molecule has 0 aromatic heterocycles. The van der Waals surface area contributed by atoms with Crippen LogP contribution in [-0.2, 0) is 9.59 Å². The van der Waals surface area contributed by atoms with Crippen LogP contribution in [0, 0.1) is 5.82 Å². The number of rotatable bonds is 6. The van der Waals surface area contributed by atoms with Gasteiger partial charge in [0.15, 0.2) is 0 Å². The van der Waals surface area contributed by atoms with E-state index in [1.807, 2.05) is 0 Å². The molecule has 0 aliphatic carbocycles. The molecule has 7 nitrogen and oxygen atoms in total. The van der Waals surface area contributed by atoms with E-state index in [1.54, 1.807) is 30.3 Å². The molecule has 0 spiro atoms. The lowest BCUT2D eigenvalue weighted by Crippen LogP contribution is -2.31. The molecule has 4 amide bonds. The Morgan fingerprint density at radius 1 is 0.970 bits per heavy atom. The number of nitrogens with zero attached hydrogens (tertiary/aromatic N) is 1. The topological polar surface area (TPSA) is 110 Å². The smallest absolute Gasteiger partial charge is 0.258 e. The van der Waals surface area contributed by atoms with Gasteiger partial charge in [0.05, 0.1) is 16.5 Å². The summed E-state index contributed by atoms with van der Waals surface area (Å²) in [6.07, 6.45) is 0.0346. The number of benzene rings is 3. The number of primary amides is 1. The van der Waals surface area contributed by atoms with E-state index in [9.17, 15) is 23.6 Å². The molecule has 3 aromatic rings. The summed E-state index contributed by atoms with van der Waals surface area (Å²) in [6, 6.07) is 18.3. The molecule has 4 rings (SSSR count). The van der Waals surface area contributed by atoms with Gasteiger partial charge in [-0.3, -0.25) is 19.2 Å². The number of amides is 4. The molecule has 0 bridgehead atoms. The summed E-state index contributed by atoms with van der Waals surface area (Å²) in [5.41, 5.74) is 6.30. The second-order valence-corrected chi connectivity index (χ2v) is 8.52. The van der Waals surface area contributed by atoms with Crippen molar-refractivity contribution in [3.63, 3.8) is 0 Å². The van der Waals surface area contributed by atoms with Crippen molar-refractivity contribution in [1.29, 1.82) is 0 Å². The molecular weight excluding hydrogens is 445 g/mol. The fourth-order valence-electron chi connectivity index (χ4n) is 3.37. The molecule has 1 aliphatic rings. The molecule has 1 saturated heterocycles. The van der Waals surface area contributed by atoms with E-state index in [0.29, 0.717) is 11.4 Å². The fourth-order valence-corrected chi connectivity index (χ4v) is 4.42. The molecular formula is C24H18FN3O4S. The van der Waals surface area contributed by atoms with Crippen LogP contribution in [0.1, 0.15) is 27.1 Å². The fraction of sp³-hybridized carbons (Fsp3) is 0.0833. The van der Waals surface area contributed by atoms with Gasteiger partial charge < -0.3 is 11.1 Å². The number of nitrogens with one attached hydrogen (secondary N) is 1. The van der Waals surface area contributed by atoms with Crippen LogP contribution in [0.5, 0.6) is 0 Å². The number of hydrogen-bond acceptors (Lipinski definition) is 5. The van der Waals surface area contributed by atoms with Crippen LogP contribution in [0.25, 0.3) is 0 Å². The zero-order valence-corrected chi connectivity index (χ0v) is 18.0. The van der Waals surface area contributed by atoms with E-state index >= 15 is 0 Å². The van der Waals surface area contributed by atoms with E-state index in [-0.39, 0.29) is 29.4 Å². The zero-order chi connectivity index (χ0) is 23.5. The normalized spacial score (nSPS) is 15.5. The van der Waals surface area contributed by atoms with Crippen LogP contribution in [0.4, 0.5) is 15.8 Å². The summed E-state index contributed by atoms with van der Waals surface area (Å²) in [4.78, 5) is 50.6. The number of hydrogen-bond donors (Lipinski definition) is 2. The van der Waals surface area contributed by atoms with Gasteiger partial charge in [-0.2, -0.15) is 0 Å². The highest BCUT2D eigenvalue weighted by Gasteiger charge is 2.40. The molecule has 0 saturated carbocycles. The maximum absolute atomic E-state index is 13.8. The molecule has 9 heteroatoms. The number of carbonyl (C=O) groups excluding carboxylic acids is 4. The third kappa shape index (κ3) is 4.78. The molecule has 1 heterocycles. The Morgan fingerprint density at radius 3 is 2.27 bits per heavy atom. The quantitative estimate of drug-likeness (QED) is 0.543. The van der Waals surface area contributed by atoms with Crippen LogP contribution in [0.15, 0.2) is 77.7 Å². The van der Waals surface area contributed by atoms with Crippen molar-refractivity contribution in [3.8, 4) is 0 Å². The summed E-state index contributed by atoms with van der Waals surface area (Å²) in [7, 11) is 0. The van der Waals surface area contributed by atoms with E-state index in [4.69, 9.17) is 5.73 Å². The SMILES string of the molecule is NC(=O)c1ccc(N2C(=O)CC(Sc3ccc(NC(=O)c4ccccc4F)cc3)C2=O)cc1. The van der Waals surface area contributed by atoms with Crippen molar-refractivity contribution in [2.45, 2.75) is 16.6 Å². The maximum atomic E-state index is 13.8. The van der Waals surface area contributed by atoms with Gasteiger partial charge in [-0.1, -0.05) is 12.1 Å². The largest absolute Gasteiger partial charge is 0.366 e. The van der Waals surface area contributed by atoms with Crippen LogP contribution in [-0.4, -0.2) is 28.9 Å². The first kappa shape index (κ1) is 22.2. The maximum Gasteiger partial charge on any atom is 0.258 e. The van der Waals surface area contributed by atoms with Crippen LogP contribution < -0.4 is 16.0 Å². The zero-order valence-electron chi connectivity index (χ0n) is 17.2. The Bertz CT molecular complexity index is 1250. The lowest BCUT2D eigenvalue weighted by atomic mass is 10.2. The van der Waals surface area contributed by atoms with Crippen molar-refractivity contribution in [1.82, 2.24) is 0 Å². The second-order valence-electron chi connectivity index (χ2n) is 7.25. The number of nitrogens with two attached hydrogens (primary N) is 1. The predicted molar refractivity (Wildman–Crippen MR) is 123 cm³/mol. The second kappa shape index (κ2) is 9.25. The molecule has 3 aromatic carbocycles. The number of thioether (sulfide) groups is 1. The first-order valence-electron chi connectivity index (χ1n) is 9.93. The molecule has 33 heavy (non-hydrogen) atoms. The van der Waals surface area contributed by atoms with Gasteiger partial charge in [0, 0.05) is 22.6 Å². The van der Waals surface area contributed by atoms with Gasteiger partial charge in [-0.05, 0) is 60.7 Å². The van der Waals surface area contributed by atoms with Crippen molar-refractivity contribution >= 4 is 46.8 Å². The Kier molecular flexibility index (Phi) is 6.23. The van der Waals surface area contributed by atoms with Crippen LogP contribution in [0.3, 0.4) is 0 Å². The van der Waals surface area contributed by atoms with Gasteiger partial charge in [0.25, 0.3) is 5.91 Å². The predicted octanol–water partition coefficient (Wildman–Crippen LogP) is 3.60. The minimum absolute atomic E-state index is 0.0346. The number of anilines is 2. The van der Waals surface area contributed by atoms with Gasteiger partial charge in [-0.15, -0.1) is 11.8 Å². The summed E-state index contributed by atoms with van der Waals surface area (Å²) in [5, 5.41) is 2.02. The lowest BCUT2D eigenvalue weighted by molar-refractivity contribution is -0.121. The highest BCUT2D eigenvalue weighted by molar-refractivity contribution is 8.00. The van der Waals surface area contributed by atoms with Crippen molar-refractivity contribution < 1.29 is 23.6 Å². The van der Waals surface area contributed by atoms with Gasteiger partial charge >= 0.3 is 0 Å². The molecule has 3 N–H and O–H groups in total. The monoisotopic (exact) mass is 463 g/mol. The van der Waals surface area contributed by atoms with Gasteiger partial charge in [0.2, 0.25) is 17.7 Å². The Hall–Kier alpha value is -3.98. The Morgan fingerprint density at radius 2 is 1.64 bits per heavy atom. The van der Waals surface area contributed by atoms with E-state index in [0.717, 1.165) is 9.80 Å². The van der Waals surface area contributed by atoms with E-state index in [1.165, 1.54) is 54.2 Å². The molecule has 1 unspecified atom stereocenters. The summed E-state index contributed by atoms with van der Waals surface area (Å²) < 4.78 is 13.8. The molecule has 1 atom stereocenters. The molecule has 1 aliphatic heterocycles. The van der Waals surface area contributed by atoms with Crippen LogP contribution >= 0.6 is 11.8 Å². The van der Waals surface area contributed by atoms with Crippen LogP contribution in [0.2, 0.25) is 0 Å². The molecule has 0 radical (unpaired) electrons. The summed E-state index contributed by atoms with van der Waals surface area (Å²) >= 11 is 1.24. The first-order chi connectivity index (χ1) is 15.8. The minimum atomic E-state index is -0.611. The highest BCUT2D eigenvalue weighted by atomic mass is 32.2. The van der Waals surface area contributed by atoms with Gasteiger partial charge in [0.1, 0.15) is 5.82 Å². The third-order valence-corrected chi connectivity index (χ3v) is 6.22.